The highest BCUT2D eigenvalue weighted by atomic mass is 19.1. The number of hydrogen-bond acceptors (Lipinski definition) is 3. The van der Waals surface area contributed by atoms with Crippen molar-refractivity contribution < 1.29 is 9.13 Å². The topological polar surface area (TPSA) is 33.6 Å². The molecule has 0 saturated carbocycles. The van der Waals surface area contributed by atoms with E-state index in [4.69, 9.17) is 4.74 Å². The Kier molecular flexibility index (Phi) is 3.28. The van der Waals surface area contributed by atoms with Gasteiger partial charge in [-0.2, -0.15) is 0 Å². The Morgan fingerprint density at radius 2 is 2.06 bits per heavy atom. The highest BCUT2D eigenvalue weighted by molar-refractivity contribution is 5.83. The summed E-state index contributed by atoms with van der Waals surface area (Å²) in [5.74, 6) is 0.607. The van der Waals surface area contributed by atoms with Gasteiger partial charge in [-0.3, -0.25) is 0 Å². The normalized spacial score (nSPS) is 27.7. The maximum absolute atomic E-state index is 12.9. The standard InChI is InChI=1S/C14H17FN2O/c15-11-6-4-10(5-7-11)13-9-17-14(18-13)12-3-1-2-8-16-12/h4-7,12-13,16H,1-3,8-9H2. The van der Waals surface area contributed by atoms with Gasteiger partial charge in [-0.15, -0.1) is 0 Å². The zero-order chi connectivity index (χ0) is 12.4. The van der Waals surface area contributed by atoms with E-state index in [1.165, 1.54) is 25.0 Å². The summed E-state index contributed by atoms with van der Waals surface area (Å²) in [6.07, 6.45) is 3.49. The summed E-state index contributed by atoms with van der Waals surface area (Å²) in [6.45, 7) is 1.67. The molecule has 0 amide bonds. The van der Waals surface area contributed by atoms with Crippen LogP contribution in [0.5, 0.6) is 0 Å². The second-order valence-electron chi connectivity index (χ2n) is 4.84. The summed E-state index contributed by atoms with van der Waals surface area (Å²) in [7, 11) is 0. The third kappa shape index (κ3) is 2.38. The smallest absolute Gasteiger partial charge is 0.201 e. The van der Waals surface area contributed by atoms with Gasteiger partial charge in [0, 0.05) is 0 Å². The van der Waals surface area contributed by atoms with Gasteiger partial charge in [-0.1, -0.05) is 18.6 Å². The van der Waals surface area contributed by atoms with Gasteiger partial charge in [0.05, 0.1) is 12.6 Å². The first kappa shape index (κ1) is 11.7. The first-order chi connectivity index (χ1) is 8.83. The monoisotopic (exact) mass is 248 g/mol. The van der Waals surface area contributed by atoms with Crippen LogP contribution in [0.2, 0.25) is 0 Å². The predicted octanol–water partition coefficient (Wildman–Crippen LogP) is 2.44. The largest absolute Gasteiger partial charge is 0.470 e. The minimum absolute atomic E-state index is 0.0515. The van der Waals surface area contributed by atoms with Crippen LogP contribution in [0.1, 0.15) is 30.9 Å². The number of halogens is 1. The highest BCUT2D eigenvalue weighted by Crippen LogP contribution is 2.25. The van der Waals surface area contributed by atoms with Crippen LogP contribution >= 0.6 is 0 Å². The van der Waals surface area contributed by atoms with Crippen LogP contribution in [-0.2, 0) is 4.74 Å². The fourth-order valence-electron chi connectivity index (χ4n) is 2.50. The van der Waals surface area contributed by atoms with E-state index in [2.05, 4.69) is 10.3 Å². The molecular formula is C14H17FN2O. The molecule has 2 unspecified atom stereocenters. The molecule has 3 nitrogen and oxygen atoms in total. The van der Waals surface area contributed by atoms with Crippen molar-refractivity contribution in [3.8, 4) is 0 Å². The van der Waals surface area contributed by atoms with E-state index in [0.717, 1.165) is 24.4 Å². The van der Waals surface area contributed by atoms with Gasteiger partial charge in [-0.05, 0) is 37.1 Å². The molecule has 1 aromatic carbocycles. The summed E-state index contributed by atoms with van der Waals surface area (Å²) < 4.78 is 18.8. The minimum Gasteiger partial charge on any atom is -0.470 e. The first-order valence-electron chi connectivity index (χ1n) is 6.53. The third-order valence-electron chi connectivity index (χ3n) is 3.53. The van der Waals surface area contributed by atoms with Gasteiger partial charge in [0.25, 0.3) is 0 Å². The number of ether oxygens (including phenoxy) is 1. The Morgan fingerprint density at radius 1 is 1.22 bits per heavy atom. The summed E-state index contributed by atoms with van der Waals surface area (Å²) in [5.41, 5.74) is 0.992. The molecule has 4 heteroatoms. The van der Waals surface area contributed by atoms with Gasteiger partial charge in [0.15, 0.2) is 0 Å². The van der Waals surface area contributed by atoms with Crippen LogP contribution in [0.3, 0.4) is 0 Å². The number of benzene rings is 1. The maximum atomic E-state index is 12.9. The fraction of sp³-hybridized carbons (Fsp3) is 0.500. The lowest BCUT2D eigenvalue weighted by molar-refractivity contribution is 0.213. The number of nitrogens with zero attached hydrogens (tertiary/aromatic N) is 1. The Bertz CT molecular complexity index is 438. The van der Waals surface area contributed by atoms with E-state index < -0.39 is 0 Å². The van der Waals surface area contributed by atoms with Crippen molar-refractivity contribution in [3.05, 3.63) is 35.6 Å². The maximum Gasteiger partial charge on any atom is 0.201 e. The fourth-order valence-corrected chi connectivity index (χ4v) is 2.50. The second-order valence-corrected chi connectivity index (χ2v) is 4.84. The van der Waals surface area contributed by atoms with Crippen LogP contribution in [0.4, 0.5) is 4.39 Å². The first-order valence-corrected chi connectivity index (χ1v) is 6.53. The molecule has 2 heterocycles. The Labute approximate surface area is 106 Å². The van der Waals surface area contributed by atoms with Crippen LogP contribution < -0.4 is 5.32 Å². The van der Waals surface area contributed by atoms with Crippen molar-refractivity contribution in [2.24, 2.45) is 4.99 Å². The van der Waals surface area contributed by atoms with Crippen LogP contribution in [0.15, 0.2) is 29.3 Å². The summed E-state index contributed by atoms with van der Waals surface area (Å²) in [6, 6.07) is 6.74. The number of rotatable bonds is 2. The third-order valence-corrected chi connectivity index (χ3v) is 3.53. The lowest BCUT2D eigenvalue weighted by Crippen LogP contribution is -2.40. The molecule has 96 valence electrons. The lowest BCUT2D eigenvalue weighted by atomic mass is 10.1. The molecular weight excluding hydrogens is 231 g/mol. The van der Waals surface area contributed by atoms with Crippen molar-refractivity contribution in [1.82, 2.24) is 5.32 Å². The molecule has 1 N–H and O–H groups in total. The molecule has 2 aliphatic rings. The molecule has 1 aromatic rings. The SMILES string of the molecule is Fc1ccc(C2CN=C(C3CCCCN3)O2)cc1. The minimum atomic E-state index is -0.216. The molecule has 3 rings (SSSR count). The zero-order valence-electron chi connectivity index (χ0n) is 10.2. The molecule has 0 aromatic heterocycles. The van der Waals surface area contributed by atoms with E-state index in [9.17, 15) is 4.39 Å². The van der Waals surface area contributed by atoms with Crippen molar-refractivity contribution >= 4 is 5.90 Å². The molecule has 0 bridgehead atoms. The van der Waals surface area contributed by atoms with E-state index >= 15 is 0 Å². The Morgan fingerprint density at radius 3 is 2.78 bits per heavy atom. The zero-order valence-corrected chi connectivity index (χ0v) is 10.2. The average molecular weight is 248 g/mol. The number of aliphatic imine (C=N–C) groups is 1. The number of hydrogen-bond donors (Lipinski definition) is 1. The van der Waals surface area contributed by atoms with Crippen LogP contribution in [-0.4, -0.2) is 25.0 Å². The molecule has 1 fully saturated rings. The number of piperidine rings is 1. The Balaban J connectivity index is 1.64. The summed E-state index contributed by atoms with van der Waals surface area (Å²) in [4.78, 5) is 4.48. The van der Waals surface area contributed by atoms with Crippen molar-refractivity contribution in [2.45, 2.75) is 31.4 Å². The molecule has 0 radical (unpaired) electrons. The van der Waals surface area contributed by atoms with Crippen LogP contribution in [0, 0.1) is 5.82 Å². The summed E-state index contributed by atoms with van der Waals surface area (Å²) in [5, 5.41) is 3.43. The number of nitrogens with one attached hydrogen (secondary N) is 1. The molecule has 2 aliphatic heterocycles. The lowest BCUT2D eigenvalue weighted by Gasteiger charge is -2.23. The highest BCUT2D eigenvalue weighted by Gasteiger charge is 2.28. The van der Waals surface area contributed by atoms with E-state index in [-0.39, 0.29) is 18.0 Å². The van der Waals surface area contributed by atoms with Crippen molar-refractivity contribution in [2.75, 3.05) is 13.1 Å². The molecule has 1 saturated heterocycles. The van der Waals surface area contributed by atoms with E-state index in [1.54, 1.807) is 12.1 Å². The van der Waals surface area contributed by atoms with Gasteiger partial charge in [0.2, 0.25) is 5.90 Å². The predicted molar refractivity (Wildman–Crippen MR) is 68.2 cm³/mol. The average Bonchev–Trinajstić information content (AvgIpc) is 2.90. The Hall–Kier alpha value is -1.42. The van der Waals surface area contributed by atoms with E-state index in [0.29, 0.717) is 6.54 Å². The second kappa shape index (κ2) is 5.06. The van der Waals surface area contributed by atoms with Gasteiger partial charge in [-0.25, -0.2) is 9.38 Å². The van der Waals surface area contributed by atoms with Crippen molar-refractivity contribution in [3.63, 3.8) is 0 Å². The van der Waals surface area contributed by atoms with Gasteiger partial charge in [0.1, 0.15) is 11.9 Å². The quantitative estimate of drug-likeness (QED) is 0.872. The molecule has 2 atom stereocenters. The molecule has 0 aliphatic carbocycles. The van der Waals surface area contributed by atoms with E-state index in [1.807, 2.05) is 0 Å². The van der Waals surface area contributed by atoms with Gasteiger partial charge >= 0.3 is 0 Å². The van der Waals surface area contributed by atoms with Crippen LogP contribution in [0.25, 0.3) is 0 Å². The molecule has 18 heavy (non-hydrogen) atoms. The van der Waals surface area contributed by atoms with Gasteiger partial charge < -0.3 is 10.1 Å². The summed E-state index contributed by atoms with van der Waals surface area (Å²) >= 11 is 0. The van der Waals surface area contributed by atoms with Crippen molar-refractivity contribution in [1.29, 1.82) is 0 Å². The molecule has 0 spiro atoms.